The molecule has 0 aromatic heterocycles. The Morgan fingerprint density at radius 2 is 1.78 bits per heavy atom. The summed E-state index contributed by atoms with van der Waals surface area (Å²) in [5.41, 5.74) is 1.83. The van der Waals surface area contributed by atoms with E-state index in [2.05, 4.69) is 10.6 Å². The number of nitrogens with one attached hydrogen (secondary N) is 2. The molecule has 0 heterocycles. The van der Waals surface area contributed by atoms with E-state index >= 15 is 0 Å². The van der Waals surface area contributed by atoms with Gasteiger partial charge in [0.25, 0.3) is 0 Å². The lowest BCUT2D eigenvalue weighted by molar-refractivity contribution is 0.237. The second-order valence-corrected chi connectivity index (χ2v) is 5.18. The lowest BCUT2D eigenvalue weighted by Crippen LogP contribution is -2.36. The number of halogens is 1. The van der Waals surface area contributed by atoms with E-state index in [1.165, 1.54) is 12.1 Å². The zero-order chi connectivity index (χ0) is 16.7. The number of rotatable bonds is 6. The van der Waals surface area contributed by atoms with Gasteiger partial charge in [-0.05, 0) is 49.2 Å². The highest BCUT2D eigenvalue weighted by Gasteiger charge is 2.09. The van der Waals surface area contributed by atoms with Gasteiger partial charge in [-0.2, -0.15) is 0 Å². The number of hydrogen-bond acceptors (Lipinski definition) is 2. The molecule has 0 aliphatic rings. The number of ether oxygens (including phenoxy) is 1. The van der Waals surface area contributed by atoms with E-state index < -0.39 is 0 Å². The number of benzene rings is 2. The van der Waals surface area contributed by atoms with Crippen LogP contribution < -0.4 is 15.4 Å². The summed E-state index contributed by atoms with van der Waals surface area (Å²) in [5, 5.41) is 5.62. The molecular formula is C18H21FN2O2. The van der Waals surface area contributed by atoms with Crippen LogP contribution >= 0.6 is 0 Å². The van der Waals surface area contributed by atoms with Crippen LogP contribution in [0.2, 0.25) is 0 Å². The molecule has 2 amide bonds. The van der Waals surface area contributed by atoms with E-state index in [4.69, 9.17) is 4.74 Å². The fourth-order valence-electron chi connectivity index (χ4n) is 2.13. The zero-order valence-electron chi connectivity index (χ0n) is 13.3. The topological polar surface area (TPSA) is 50.4 Å². The molecule has 0 aliphatic carbocycles. The van der Waals surface area contributed by atoms with Crippen molar-refractivity contribution >= 4 is 6.03 Å². The quantitative estimate of drug-likeness (QED) is 0.852. The molecule has 4 nitrogen and oxygen atoms in total. The van der Waals surface area contributed by atoms with Gasteiger partial charge in [0, 0.05) is 6.54 Å². The summed E-state index contributed by atoms with van der Waals surface area (Å²) in [4.78, 5) is 11.9. The summed E-state index contributed by atoms with van der Waals surface area (Å²) in [7, 11) is 0. The normalized spacial score (nSPS) is 11.6. The number of amides is 2. The van der Waals surface area contributed by atoms with Gasteiger partial charge in [-0.15, -0.1) is 0 Å². The first-order valence-corrected chi connectivity index (χ1v) is 7.60. The van der Waals surface area contributed by atoms with E-state index in [9.17, 15) is 9.18 Å². The van der Waals surface area contributed by atoms with Gasteiger partial charge in [-0.25, -0.2) is 9.18 Å². The Hall–Kier alpha value is -2.56. The van der Waals surface area contributed by atoms with Crippen LogP contribution in [0.5, 0.6) is 5.75 Å². The third-order valence-corrected chi connectivity index (χ3v) is 3.41. The Kier molecular flexibility index (Phi) is 5.97. The molecule has 1 atom stereocenters. The van der Waals surface area contributed by atoms with Gasteiger partial charge < -0.3 is 15.4 Å². The smallest absolute Gasteiger partial charge is 0.315 e. The Morgan fingerprint density at radius 1 is 1.13 bits per heavy atom. The highest BCUT2D eigenvalue weighted by molar-refractivity contribution is 5.74. The van der Waals surface area contributed by atoms with Gasteiger partial charge in [0.2, 0.25) is 0 Å². The summed E-state index contributed by atoms with van der Waals surface area (Å²) in [5.74, 6) is 0.520. The van der Waals surface area contributed by atoms with Crippen LogP contribution in [0, 0.1) is 5.82 Å². The van der Waals surface area contributed by atoms with Crippen LogP contribution in [0.1, 0.15) is 31.0 Å². The molecule has 2 aromatic carbocycles. The van der Waals surface area contributed by atoms with Crippen molar-refractivity contribution in [1.29, 1.82) is 0 Å². The van der Waals surface area contributed by atoms with Crippen molar-refractivity contribution in [2.75, 3.05) is 6.61 Å². The van der Waals surface area contributed by atoms with E-state index in [1.54, 1.807) is 12.1 Å². The van der Waals surface area contributed by atoms with Crippen molar-refractivity contribution in [2.45, 2.75) is 26.4 Å². The lowest BCUT2D eigenvalue weighted by atomic mass is 10.1. The molecule has 122 valence electrons. The molecule has 0 bridgehead atoms. The standard InChI is InChI=1S/C18H21FN2O2/c1-3-23-17-10-6-15(7-11-17)13(2)21-18(22)20-12-14-4-8-16(19)9-5-14/h4-11,13H,3,12H2,1-2H3,(H2,20,21,22). The van der Waals surface area contributed by atoms with Gasteiger partial charge in [0.05, 0.1) is 12.6 Å². The largest absolute Gasteiger partial charge is 0.494 e. The average Bonchev–Trinajstić information content (AvgIpc) is 2.55. The van der Waals surface area contributed by atoms with Crippen LogP contribution in [-0.2, 0) is 6.54 Å². The molecule has 2 rings (SSSR count). The molecule has 0 aliphatic heterocycles. The van der Waals surface area contributed by atoms with Gasteiger partial charge in [0.15, 0.2) is 0 Å². The number of urea groups is 1. The molecule has 2 aromatic rings. The maximum Gasteiger partial charge on any atom is 0.315 e. The fraction of sp³-hybridized carbons (Fsp3) is 0.278. The molecule has 2 N–H and O–H groups in total. The minimum absolute atomic E-state index is 0.126. The van der Waals surface area contributed by atoms with Crippen molar-refractivity contribution in [3.63, 3.8) is 0 Å². The van der Waals surface area contributed by atoms with Gasteiger partial charge >= 0.3 is 6.03 Å². The molecule has 0 spiro atoms. The van der Waals surface area contributed by atoms with Gasteiger partial charge in [0.1, 0.15) is 11.6 Å². The van der Waals surface area contributed by atoms with E-state index in [0.717, 1.165) is 16.9 Å². The summed E-state index contributed by atoms with van der Waals surface area (Å²) in [6.45, 7) is 4.82. The number of carbonyl (C=O) groups is 1. The Labute approximate surface area is 135 Å². The zero-order valence-corrected chi connectivity index (χ0v) is 13.3. The van der Waals surface area contributed by atoms with E-state index in [1.807, 2.05) is 38.1 Å². The van der Waals surface area contributed by atoms with Crippen LogP contribution in [0.15, 0.2) is 48.5 Å². The van der Waals surface area contributed by atoms with Crippen LogP contribution in [0.3, 0.4) is 0 Å². The molecule has 0 radical (unpaired) electrons. The van der Waals surface area contributed by atoms with Crippen LogP contribution in [0.25, 0.3) is 0 Å². The summed E-state index contributed by atoms with van der Waals surface area (Å²) >= 11 is 0. The highest BCUT2D eigenvalue weighted by Crippen LogP contribution is 2.17. The van der Waals surface area contributed by atoms with E-state index in [-0.39, 0.29) is 17.9 Å². The third kappa shape index (κ3) is 5.29. The van der Waals surface area contributed by atoms with Crippen molar-refractivity contribution in [1.82, 2.24) is 10.6 Å². The molecule has 23 heavy (non-hydrogen) atoms. The maximum atomic E-state index is 12.8. The van der Waals surface area contributed by atoms with Crippen molar-refractivity contribution in [3.05, 3.63) is 65.5 Å². The molecule has 5 heteroatoms. The molecule has 0 saturated carbocycles. The summed E-state index contributed by atoms with van der Waals surface area (Å²) in [6.07, 6.45) is 0. The van der Waals surface area contributed by atoms with Crippen molar-refractivity contribution in [3.8, 4) is 5.75 Å². The Balaban J connectivity index is 1.82. The highest BCUT2D eigenvalue weighted by atomic mass is 19.1. The predicted molar refractivity (Wildman–Crippen MR) is 87.8 cm³/mol. The fourth-order valence-corrected chi connectivity index (χ4v) is 2.13. The van der Waals surface area contributed by atoms with Crippen LogP contribution in [0.4, 0.5) is 9.18 Å². The summed E-state index contributed by atoms with van der Waals surface area (Å²) < 4.78 is 18.2. The molecular weight excluding hydrogens is 295 g/mol. The predicted octanol–water partition coefficient (Wildman–Crippen LogP) is 3.78. The van der Waals surface area contributed by atoms with Gasteiger partial charge in [-0.3, -0.25) is 0 Å². The second-order valence-electron chi connectivity index (χ2n) is 5.18. The SMILES string of the molecule is CCOc1ccc(C(C)NC(=O)NCc2ccc(F)cc2)cc1. The van der Waals surface area contributed by atoms with Gasteiger partial charge in [-0.1, -0.05) is 24.3 Å². The Morgan fingerprint density at radius 3 is 2.39 bits per heavy atom. The first-order chi connectivity index (χ1) is 11.1. The first-order valence-electron chi connectivity index (χ1n) is 7.60. The number of hydrogen-bond donors (Lipinski definition) is 2. The summed E-state index contributed by atoms with van der Waals surface area (Å²) in [6, 6.07) is 13.3. The Bertz CT molecular complexity index is 626. The molecule has 1 unspecified atom stereocenters. The average molecular weight is 316 g/mol. The van der Waals surface area contributed by atoms with Crippen molar-refractivity contribution < 1.29 is 13.9 Å². The molecule has 0 saturated heterocycles. The first kappa shape index (κ1) is 16.8. The van der Waals surface area contributed by atoms with E-state index in [0.29, 0.717) is 13.2 Å². The van der Waals surface area contributed by atoms with Crippen LogP contribution in [-0.4, -0.2) is 12.6 Å². The maximum absolute atomic E-state index is 12.8. The second kappa shape index (κ2) is 8.17. The minimum Gasteiger partial charge on any atom is -0.494 e. The molecule has 0 fully saturated rings. The monoisotopic (exact) mass is 316 g/mol. The third-order valence-electron chi connectivity index (χ3n) is 3.41. The lowest BCUT2D eigenvalue weighted by Gasteiger charge is -2.15. The van der Waals surface area contributed by atoms with Crippen molar-refractivity contribution in [2.24, 2.45) is 0 Å². The minimum atomic E-state index is -0.290. The number of carbonyl (C=O) groups excluding carboxylic acids is 1.